The first kappa shape index (κ1) is 14.2. The van der Waals surface area contributed by atoms with Crippen molar-refractivity contribution in [3.8, 4) is 0 Å². The Morgan fingerprint density at radius 2 is 1.94 bits per heavy atom. The topological polar surface area (TPSA) is 66.3 Å². The first-order valence-electron chi connectivity index (χ1n) is 5.10. The second-order valence-electron chi connectivity index (χ2n) is 3.87. The molecule has 5 nitrogen and oxygen atoms in total. The molecule has 0 unspecified atom stereocenters. The van der Waals surface area contributed by atoms with Crippen LogP contribution in [0.4, 0.5) is 19.0 Å². The molecule has 0 saturated carbocycles. The Morgan fingerprint density at radius 1 is 1.39 bits per heavy atom. The molecule has 100 valence electrons. The third-order valence-corrected chi connectivity index (χ3v) is 2.13. The molecule has 0 aliphatic rings. The van der Waals surface area contributed by atoms with Gasteiger partial charge in [0.05, 0.1) is 0 Å². The van der Waals surface area contributed by atoms with Crippen molar-refractivity contribution in [3.63, 3.8) is 0 Å². The summed E-state index contributed by atoms with van der Waals surface area (Å²) >= 11 is 0. The van der Waals surface area contributed by atoms with Gasteiger partial charge in [-0.25, -0.2) is 14.8 Å². The highest BCUT2D eigenvalue weighted by Gasteiger charge is 2.34. The van der Waals surface area contributed by atoms with Crippen LogP contribution in [0, 0.1) is 0 Å². The summed E-state index contributed by atoms with van der Waals surface area (Å²) in [5, 5.41) is 8.88. The Morgan fingerprint density at radius 3 is 2.39 bits per heavy atom. The molecule has 0 amide bonds. The summed E-state index contributed by atoms with van der Waals surface area (Å²) in [7, 11) is 0. The largest absolute Gasteiger partial charge is 0.476 e. The number of halogens is 3. The van der Waals surface area contributed by atoms with E-state index in [1.807, 2.05) is 0 Å². The molecule has 1 rings (SSSR count). The lowest BCUT2D eigenvalue weighted by Gasteiger charge is -2.29. The number of nitrogens with zero attached hydrogens (tertiary/aromatic N) is 3. The maximum Gasteiger partial charge on any atom is 0.405 e. The van der Waals surface area contributed by atoms with Crippen molar-refractivity contribution in [2.24, 2.45) is 0 Å². The van der Waals surface area contributed by atoms with Gasteiger partial charge in [0.1, 0.15) is 6.54 Å². The van der Waals surface area contributed by atoms with Crippen LogP contribution >= 0.6 is 0 Å². The van der Waals surface area contributed by atoms with Gasteiger partial charge < -0.3 is 10.0 Å². The molecule has 0 spiro atoms. The first-order valence-corrected chi connectivity index (χ1v) is 5.10. The molecule has 1 N–H and O–H groups in total. The molecule has 0 aliphatic carbocycles. The van der Waals surface area contributed by atoms with Crippen LogP contribution in [0.25, 0.3) is 0 Å². The van der Waals surface area contributed by atoms with E-state index in [0.717, 1.165) is 17.3 Å². The summed E-state index contributed by atoms with van der Waals surface area (Å²) in [5.74, 6) is -1.69. The van der Waals surface area contributed by atoms with Crippen LogP contribution in [0.3, 0.4) is 0 Å². The zero-order valence-electron chi connectivity index (χ0n) is 9.77. The second-order valence-corrected chi connectivity index (χ2v) is 3.87. The Hall–Kier alpha value is -1.86. The molecular formula is C10H12F3N3O2. The number of aromatic nitrogens is 2. The molecule has 0 aliphatic heterocycles. The summed E-state index contributed by atoms with van der Waals surface area (Å²) in [5.41, 5.74) is -0.490. The van der Waals surface area contributed by atoms with Crippen LogP contribution in [-0.4, -0.2) is 39.8 Å². The summed E-state index contributed by atoms with van der Waals surface area (Å²) in [6.07, 6.45) is -2.16. The van der Waals surface area contributed by atoms with Crippen LogP contribution in [0.5, 0.6) is 0 Å². The third-order valence-electron chi connectivity index (χ3n) is 2.13. The van der Waals surface area contributed by atoms with E-state index in [2.05, 4.69) is 9.97 Å². The van der Waals surface area contributed by atoms with Gasteiger partial charge in [-0.05, 0) is 13.8 Å². The fraction of sp³-hybridized carbons (Fsp3) is 0.500. The van der Waals surface area contributed by atoms with E-state index in [9.17, 15) is 18.0 Å². The minimum Gasteiger partial charge on any atom is -0.476 e. The molecule has 18 heavy (non-hydrogen) atoms. The van der Waals surface area contributed by atoms with Crippen LogP contribution in [-0.2, 0) is 0 Å². The van der Waals surface area contributed by atoms with Crippen LogP contribution in [0.2, 0.25) is 0 Å². The third kappa shape index (κ3) is 3.57. The minimum absolute atomic E-state index is 0.280. The second kappa shape index (κ2) is 5.19. The summed E-state index contributed by atoms with van der Waals surface area (Å²) in [4.78, 5) is 19.0. The normalized spacial score (nSPS) is 11.7. The molecule has 0 saturated heterocycles. The van der Waals surface area contributed by atoms with E-state index in [4.69, 9.17) is 5.11 Å². The number of alkyl halides is 3. The lowest BCUT2D eigenvalue weighted by Crippen LogP contribution is -2.40. The number of rotatable bonds is 4. The highest BCUT2D eigenvalue weighted by Crippen LogP contribution is 2.24. The molecule has 0 fully saturated rings. The fourth-order valence-corrected chi connectivity index (χ4v) is 1.39. The highest BCUT2D eigenvalue weighted by molar-refractivity contribution is 5.91. The fourth-order valence-electron chi connectivity index (χ4n) is 1.39. The number of anilines is 1. The van der Waals surface area contributed by atoms with Crippen LogP contribution < -0.4 is 4.90 Å². The summed E-state index contributed by atoms with van der Waals surface area (Å²) in [6.45, 7) is 1.77. The smallest absolute Gasteiger partial charge is 0.405 e. The molecule has 1 heterocycles. The van der Waals surface area contributed by atoms with Gasteiger partial charge in [0.15, 0.2) is 11.5 Å². The Kier molecular flexibility index (Phi) is 4.10. The van der Waals surface area contributed by atoms with Gasteiger partial charge in [-0.15, -0.1) is 0 Å². The van der Waals surface area contributed by atoms with Gasteiger partial charge in [0.25, 0.3) is 0 Å². The maximum atomic E-state index is 12.4. The van der Waals surface area contributed by atoms with Crippen LogP contribution in [0.1, 0.15) is 24.3 Å². The quantitative estimate of drug-likeness (QED) is 0.899. The maximum absolute atomic E-state index is 12.4. The number of hydrogen-bond donors (Lipinski definition) is 1. The van der Waals surface area contributed by atoms with E-state index in [0.29, 0.717) is 0 Å². The Bertz CT molecular complexity index is 435. The van der Waals surface area contributed by atoms with Gasteiger partial charge in [-0.2, -0.15) is 13.2 Å². The van der Waals surface area contributed by atoms with E-state index in [1.54, 1.807) is 0 Å². The van der Waals surface area contributed by atoms with Gasteiger partial charge in [-0.1, -0.05) is 0 Å². The lowest BCUT2D eigenvalue weighted by molar-refractivity contribution is -0.120. The van der Waals surface area contributed by atoms with Crippen molar-refractivity contribution >= 4 is 11.8 Å². The summed E-state index contributed by atoms with van der Waals surface area (Å²) < 4.78 is 37.3. The summed E-state index contributed by atoms with van der Waals surface area (Å²) in [6, 6.07) is -0.554. The van der Waals surface area contributed by atoms with E-state index >= 15 is 0 Å². The van der Waals surface area contributed by atoms with Gasteiger partial charge in [0.2, 0.25) is 0 Å². The monoisotopic (exact) mass is 263 g/mol. The van der Waals surface area contributed by atoms with E-state index in [1.165, 1.54) is 13.8 Å². The van der Waals surface area contributed by atoms with E-state index in [-0.39, 0.29) is 5.82 Å². The Balaban J connectivity index is 3.18. The average molecular weight is 263 g/mol. The molecule has 0 radical (unpaired) electrons. The van der Waals surface area contributed by atoms with Gasteiger partial charge >= 0.3 is 12.1 Å². The molecule has 1 aromatic rings. The predicted molar refractivity (Wildman–Crippen MR) is 57.5 cm³/mol. The SMILES string of the molecule is CC(C)N(CC(F)(F)F)c1nccnc1C(=O)O. The molecule has 0 atom stereocenters. The lowest BCUT2D eigenvalue weighted by atomic mass is 10.2. The van der Waals surface area contributed by atoms with Crippen LogP contribution in [0.15, 0.2) is 12.4 Å². The first-order chi connectivity index (χ1) is 8.22. The highest BCUT2D eigenvalue weighted by atomic mass is 19.4. The minimum atomic E-state index is -4.45. The predicted octanol–water partition coefficient (Wildman–Crippen LogP) is 1.95. The molecule has 1 aromatic heterocycles. The van der Waals surface area contributed by atoms with Gasteiger partial charge in [0, 0.05) is 18.4 Å². The number of aromatic carboxylic acids is 1. The number of carboxylic acid groups (broad SMARTS) is 1. The van der Waals surface area contributed by atoms with Crippen molar-refractivity contribution in [2.75, 3.05) is 11.4 Å². The van der Waals surface area contributed by atoms with Crippen molar-refractivity contribution in [1.29, 1.82) is 0 Å². The zero-order valence-corrected chi connectivity index (χ0v) is 9.77. The van der Waals surface area contributed by atoms with Crippen molar-refractivity contribution < 1.29 is 23.1 Å². The van der Waals surface area contributed by atoms with E-state index < -0.39 is 30.4 Å². The molecule has 0 aromatic carbocycles. The number of hydrogen-bond acceptors (Lipinski definition) is 4. The average Bonchev–Trinajstić information content (AvgIpc) is 2.24. The molecular weight excluding hydrogens is 251 g/mol. The molecule has 0 bridgehead atoms. The van der Waals surface area contributed by atoms with Crippen molar-refractivity contribution in [2.45, 2.75) is 26.1 Å². The van der Waals surface area contributed by atoms with Crippen molar-refractivity contribution in [3.05, 3.63) is 18.1 Å². The van der Waals surface area contributed by atoms with Crippen molar-refractivity contribution in [1.82, 2.24) is 9.97 Å². The standard InChI is InChI=1S/C10H12F3N3O2/c1-6(2)16(5-10(11,12)13)8-7(9(17)18)14-3-4-15-8/h3-4,6H,5H2,1-2H3,(H,17,18). The number of carbonyl (C=O) groups is 1. The number of carboxylic acids is 1. The van der Waals surface area contributed by atoms with Gasteiger partial charge in [-0.3, -0.25) is 0 Å². The Labute approximate surface area is 101 Å². The zero-order chi connectivity index (χ0) is 13.9. The molecule has 8 heteroatoms.